The number of aryl methyl sites for hydroxylation is 1. The van der Waals surface area contributed by atoms with Gasteiger partial charge in [0.25, 0.3) is 0 Å². The van der Waals surface area contributed by atoms with Gasteiger partial charge in [0, 0.05) is 25.3 Å². The Bertz CT molecular complexity index is 364. The molecule has 2 aliphatic heterocycles. The van der Waals surface area contributed by atoms with E-state index in [-0.39, 0.29) is 0 Å². The second-order valence-electron chi connectivity index (χ2n) is 4.73. The molecule has 0 spiro atoms. The van der Waals surface area contributed by atoms with E-state index in [4.69, 9.17) is 0 Å². The summed E-state index contributed by atoms with van der Waals surface area (Å²) in [6.45, 7) is 5.67. The molecule has 2 aliphatic rings. The Hall–Kier alpha value is -1.09. The molecule has 2 atom stereocenters. The van der Waals surface area contributed by atoms with Crippen LogP contribution in [0.5, 0.6) is 0 Å². The molecular formula is C12H17N3. The first-order valence-electron chi connectivity index (χ1n) is 5.73. The normalized spacial score (nSPS) is 29.5. The van der Waals surface area contributed by atoms with E-state index in [1.54, 1.807) is 0 Å². The number of aromatic nitrogens is 1. The Kier molecular flexibility index (Phi) is 2.13. The summed E-state index contributed by atoms with van der Waals surface area (Å²) in [5.74, 6) is 0.930. The molecule has 0 amide bonds. The van der Waals surface area contributed by atoms with Crippen molar-refractivity contribution < 1.29 is 0 Å². The highest BCUT2D eigenvalue weighted by atomic mass is 15.2. The molecule has 0 radical (unpaired) electrons. The molecule has 1 aromatic heterocycles. The largest absolute Gasteiger partial charge is 0.369 e. The van der Waals surface area contributed by atoms with Gasteiger partial charge in [-0.2, -0.15) is 0 Å². The van der Waals surface area contributed by atoms with E-state index >= 15 is 0 Å². The van der Waals surface area contributed by atoms with Gasteiger partial charge >= 0.3 is 0 Å². The molecule has 2 fully saturated rings. The fourth-order valence-electron chi connectivity index (χ4n) is 2.56. The van der Waals surface area contributed by atoms with Crippen LogP contribution in [0, 0.1) is 12.8 Å². The van der Waals surface area contributed by atoms with Crippen molar-refractivity contribution in [2.45, 2.75) is 19.4 Å². The van der Waals surface area contributed by atoms with Crippen LogP contribution in [-0.2, 0) is 0 Å². The topological polar surface area (TPSA) is 28.2 Å². The van der Waals surface area contributed by atoms with E-state index in [1.165, 1.54) is 30.8 Å². The minimum Gasteiger partial charge on any atom is -0.369 e. The van der Waals surface area contributed by atoms with Crippen LogP contribution in [-0.4, -0.2) is 30.7 Å². The number of hydrogen-bond acceptors (Lipinski definition) is 3. The Morgan fingerprint density at radius 1 is 1.47 bits per heavy atom. The zero-order chi connectivity index (χ0) is 10.3. The van der Waals surface area contributed by atoms with Gasteiger partial charge in [-0.05, 0) is 37.4 Å². The average molecular weight is 203 g/mol. The van der Waals surface area contributed by atoms with E-state index in [9.17, 15) is 0 Å². The van der Waals surface area contributed by atoms with Crippen LogP contribution >= 0.6 is 0 Å². The molecule has 0 bridgehead atoms. The van der Waals surface area contributed by atoms with Gasteiger partial charge in [-0.25, -0.2) is 0 Å². The lowest BCUT2D eigenvalue weighted by Gasteiger charge is -2.47. The summed E-state index contributed by atoms with van der Waals surface area (Å²) in [6.07, 6.45) is 5.22. The summed E-state index contributed by atoms with van der Waals surface area (Å²) in [7, 11) is 0. The number of nitrogens with one attached hydrogen (secondary N) is 1. The van der Waals surface area contributed by atoms with Crippen molar-refractivity contribution >= 4 is 5.69 Å². The summed E-state index contributed by atoms with van der Waals surface area (Å²) >= 11 is 0. The van der Waals surface area contributed by atoms with E-state index in [2.05, 4.69) is 28.2 Å². The van der Waals surface area contributed by atoms with Crippen LogP contribution in [0.25, 0.3) is 0 Å². The summed E-state index contributed by atoms with van der Waals surface area (Å²) in [4.78, 5) is 6.71. The quantitative estimate of drug-likeness (QED) is 0.743. The van der Waals surface area contributed by atoms with Gasteiger partial charge < -0.3 is 10.2 Å². The van der Waals surface area contributed by atoms with Gasteiger partial charge in [0.2, 0.25) is 0 Å². The molecule has 80 valence electrons. The van der Waals surface area contributed by atoms with Crippen molar-refractivity contribution in [3.8, 4) is 0 Å². The van der Waals surface area contributed by atoms with E-state index in [0.29, 0.717) is 0 Å². The monoisotopic (exact) mass is 203 g/mol. The van der Waals surface area contributed by atoms with Gasteiger partial charge in [0.05, 0.1) is 11.9 Å². The van der Waals surface area contributed by atoms with E-state index in [0.717, 1.165) is 18.5 Å². The second-order valence-corrected chi connectivity index (χ2v) is 4.73. The Morgan fingerprint density at radius 2 is 2.40 bits per heavy atom. The maximum absolute atomic E-state index is 4.26. The molecule has 0 aliphatic carbocycles. The summed E-state index contributed by atoms with van der Waals surface area (Å²) in [5, 5.41) is 3.50. The Labute approximate surface area is 90.5 Å². The van der Waals surface area contributed by atoms with Crippen LogP contribution in [0.15, 0.2) is 18.5 Å². The summed E-state index contributed by atoms with van der Waals surface area (Å²) in [5.41, 5.74) is 2.53. The Morgan fingerprint density at radius 3 is 3.07 bits per heavy atom. The number of pyridine rings is 1. The predicted molar refractivity (Wildman–Crippen MR) is 61.1 cm³/mol. The van der Waals surface area contributed by atoms with Crippen molar-refractivity contribution in [3.63, 3.8) is 0 Å². The van der Waals surface area contributed by atoms with Gasteiger partial charge in [-0.15, -0.1) is 0 Å². The third-order valence-electron chi connectivity index (χ3n) is 3.62. The second kappa shape index (κ2) is 3.49. The van der Waals surface area contributed by atoms with Gasteiger partial charge in [-0.1, -0.05) is 0 Å². The molecule has 1 aromatic rings. The molecular weight excluding hydrogens is 186 g/mol. The first kappa shape index (κ1) is 9.16. The van der Waals surface area contributed by atoms with Crippen molar-refractivity contribution in [2.24, 2.45) is 5.92 Å². The maximum Gasteiger partial charge on any atom is 0.0555 e. The lowest BCUT2D eigenvalue weighted by atomic mass is 9.85. The first-order chi connectivity index (χ1) is 7.33. The summed E-state index contributed by atoms with van der Waals surface area (Å²) < 4.78 is 0. The minimum atomic E-state index is 0.722. The molecule has 3 heteroatoms. The van der Waals surface area contributed by atoms with Crippen LogP contribution in [0.3, 0.4) is 0 Å². The van der Waals surface area contributed by atoms with Crippen molar-refractivity contribution in [1.29, 1.82) is 0 Å². The number of nitrogens with zero attached hydrogens (tertiary/aromatic N) is 2. The standard InChI is InChI=1S/C12H17N3/c1-9-4-11(7-13-5-9)15-3-2-10-6-14-12(10)8-15/h4-5,7,10,12,14H,2-3,6,8H2,1H3. The fraction of sp³-hybridized carbons (Fsp3) is 0.583. The fourth-order valence-corrected chi connectivity index (χ4v) is 2.56. The number of hydrogen-bond donors (Lipinski definition) is 1. The van der Waals surface area contributed by atoms with Gasteiger partial charge in [-0.3, -0.25) is 4.98 Å². The molecule has 2 unspecified atom stereocenters. The highest BCUT2D eigenvalue weighted by Gasteiger charge is 2.35. The minimum absolute atomic E-state index is 0.722. The molecule has 2 saturated heterocycles. The number of anilines is 1. The van der Waals surface area contributed by atoms with Crippen molar-refractivity contribution in [3.05, 3.63) is 24.0 Å². The van der Waals surface area contributed by atoms with Crippen molar-refractivity contribution in [1.82, 2.24) is 10.3 Å². The number of rotatable bonds is 1. The smallest absolute Gasteiger partial charge is 0.0555 e. The van der Waals surface area contributed by atoms with Gasteiger partial charge in [0.1, 0.15) is 0 Å². The number of piperidine rings is 1. The zero-order valence-corrected chi connectivity index (χ0v) is 9.11. The highest BCUT2D eigenvalue weighted by Crippen LogP contribution is 2.27. The van der Waals surface area contributed by atoms with Crippen molar-refractivity contribution in [2.75, 3.05) is 24.5 Å². The van der Waals surface area contributed by atoms with Crippen LogP contribution < -0.4 is 10.2 Å². The third kappa shape index (κ3) is 1.61. The summed E-state index contributed by atoms with van der Waals surface area (Å²) in [6, 6.07) is 2.95. The van der Waals surface area contributed by atoms with Gasteiger partial charge in [0.15, 0.2) is 0 Å². The maximum atomic E-state index is 4.26. The van der Waals surface area contributed by atoms with E-state index in [1.807, 2.05) is 12.4 Å². The lowest BCUT2D eigenvalue weighted by molar-refractivity contribution is 0.197. The molecule has 3 heterocycles. The highest BCUT2D eigenvalue weighted by molar-refractivity contribution is 5.46. The predicted octanol–water partition coefficient (Wildman–Crippen LogP) is 1.19. The third-order valence-corrected chi connectivity index (χ3v) is 3.62. The van der Waals surface area contributed by atoms with E-state index < -0.39 is 0 Å². The van der Waals surface area contributed by atoms with Crippen LogP contribution in [0.4, 0.5) is 5.69 Å². The molecule has 0 aromatic carbocycles. The molecule has 15 heavy (non-hydrogen) atoms. The molecule has 3 nitrogen and oxygen atoms in total. The first-order valence-corrected chi connectivity index (χ1v) is 5.73. The molecule has 1 N–H and O–H groups in total. The lowest BCUT2D eigenvalue weighted by Crippen LogP contribution is -2.62. The molecule has 0 saturated carbocycles. The SMILES string of the molecule is Cc1cncc(N2CCC3CNC3C2)c1. The van der Waals surface area contributed by atoms with Crippen LogP contribution in [0.1, 0.15) is 12.0 Å². The molecule has 3 rings (SSSR count). The average Bonchev–Trinajstić information content (AvgIpc) is 2.20. The number of fused-ring (bicyclic) bond motifs is 1. The Balaban J connectivity index is 1.77. The van der Waals surface area contributed by atoms with Crippen LogP contribution in [0.2, 0.25) is 0 Å². The zero-order valence-electron chi connectivity index (χ0n) is 9.11.